The van der Waals surface area contributed by atoms with E-state index in [9.17, 15) is 49.5 Å². The fraction of sp³-hybridized carbons (Fsp3) is 0.155. The second kappa shape index (κ2) is 19.5. The summed E-state index contributed by atoms with van der Waals surface area (Å²) in [5.41, 5.74) is 1.71. The molecule has 4 aromatic heterocycles. The normalized spacial score (nSPS) is 16.9. The Morgan fingerprint density at radius 3 is 1.62 bits per heavy atom. The van der Waals surface area contributed by atoms with Crippen molar-refractivity contribution in [3.63, 3.8) is 0 Å². The van der Waals surface area contributed by atoms with E-state index in [0.717, 1.165) is 0 Å². The van der Waals surface area contributed by atoms with Gasteiger partial charge in [-0.25, -0.2) is 14.4 Å². The van der Waals surface area contributed by atoms with E-state index in [0.29, 0.717) is 104 Å². The van der Waals surface area contributed by atoms with Crippen LogP contribution in [0.2, 0.25) is 0 Å². The highest BCUT2D eigenvalue weighted by molar-refractivity contribution is 6.04. The summed E-state index contributed by atoms with van der Waals surface area (Å²) in [5, 5.41) is 48.8. The lowest BCUT2D eigenvalue weighted by molar-refractivity contribution is -0.132. The number of aliphatic hydroxyl groups excluding tert-OH is 1. The van der Waals surface area contributed by atoms with Crippen molar-refractivity contribution in [1.29, 1.82) is 0 Å². The van der Waals surface area contributed by atoms with Gasteiger partial charge in [-0.15, -0.1) is 0 Å². The standard InChI is InChI=1S/C58H46O14/c1-57(31-44-16-21-49(71-44)34-6-4-8-36(26-34)53(62)63)23-24-58(2,56(57)68)32-45-17-22-51(72-45)47-30-37(54(64)65)9-18-46(47)38-27-39(29-40(28-38)55(66)67)50-20-15-43(70-50)13-11-41(59)10-12-42-14-19-48(69-42)33-5-3-7-35(25-33)52(60)61/h3-22,25-30,53,62-63H,23-24,31-32H2,1-2H3,(H,60,61)(H,64,65)(H,66,67)/b12-10+,13-11+. The van der Waals surface area contributed by atoms with Crippen molar-refractivity contribution in [3.8, 4) is 56.4 Å². The number of aliphatic hydroxyl groups is 2. The molecule has 4 heterocycles. The van der Waals surface area contributed by atoms with Crippen LogP contribution in [-0.2, 0) is 22.4 Å². The number of carboxylic acid groups (broad SMARTS) is 3. The van der Waals surface area contributed by atoms with E-state index in [4.69, 9.17) is 17.7 Å². The summed E-state index contributed by atoms with van der Waals surface area (Å²) in [7, 11) is 0. The minimum absolute atomic E-state index is 0.0289. The predicted molar refractivity (Wildman–Crippen MR) is 265 cm³/mol. The fourth-order valence-corrected chi connectivity index (χ4v) is 9.28. The van der Waals surface area contributed by atoms with Gasteiger partial charge in [0, 0.05) is 51.5 Å². The Kier molecular flexibility index (Phi) is 13.1. The van der Waals surface area contributed by atoms with Crippen LogP contribution >= 0.6 is 0 Å². The van der Waals surface area contributed by atoms with E-state index in [1.54, 1.807) is 91.0 Å². The van der Waals surface area contributed by atoms with Crippen molar-refractivity contribution < 1.29 is 67.2 Å². The number of hydrogen-bond donors (Lipinski definition) is 5. The Morgan fingerprint density at radius 2 is 1.01 bits per heavy atom. The molecule has 0 amide bonds. The first-order valence-corrected chi connectivity index (χ1v) is 22.8. The molecular weight excluding hydrogens is 921 g/mol. The lowest BCUT2D eigenvalue weighted by atomic mass is 9.76. The van der Waals surface area contributed by atoms with Crippen LogP contribution in [0.4, 0.5) is 0 Å². The number of Topliss-reactive ketones (excluding diaryl/α,β-unsaturated/α-hetero) is 1. The molecule has 14 nitrogen and oxygen atoms in total. The van der Waals surface area contributed by atoms with Crippen LogP contribution in [0, 0.1) is 10.8 Å². The van der Waals surface area contributed by atoms with E-state index in [1.807, 2.05) is 19.9 Å². The van der Waals surface area contributed by atoms with Crippen LogP contribution in [0.1, 0.15) is 92.7 Å². The van der Waals surface area contributed by atoms with Crippen molar-refractivity contribution >= 4 is 41.6 Å². The molecule has 5 N–H and O–H groups in total. The average Bonchev–Trinajstić information content (AvgIpc) is 4.24. The minimum Gasteiger partial charge on any atom is -0.478 e. The molecule has 0 saturated heterocycles. The highest BCUT2D eigenvalue weighted by Crippen LogP contribution is 2.50. The number of ketones is 2. The molecule has 4 aromatic carbocycles. The summed E-state index contributed by atoms with van der Waals surface area (Å²) in [5.74, 6) is -0.426. The largest absolute Gasteiger partial charge is 0.478 e. The highest BCUT2D eigenvalue weighted by atomic mass is 16.5. The van der Waals surface area contributed by atoms with Crippen molar-refractivity contribution in [2.24, 2.45) is 10.8 Å². The van der Waals surface area contributed by atoms with Crippen molar-refractivity contribution in [1.82, 2.24) is 0 Å². The van der Waals surface area contributed by atoms with Gasteiger partial charge >= 0.3 is 17.9 Å². The number of allylic oxidation sites excluding steroid dienone is 2. The molecule has 1 saturated carbocycles. The summed E-state index contributed by atoms with van der Waals surface area (Å²) < 4.78 is 24.4. The molecule has 14 heteroatoms. The van der Waals surface area contributed by atoms with Gasteiger partial charge in [0.05, 0.1) is 16.7 Å². The van der Waals surface area contributed by atoms with Gasteiger partial charge in [0.1, 0.15) is 51.9 Å². The van der Waals surface area contributed by atoms with Gasteiger partial charge in [-0.3, -0.25) is 9.59 Å². The maximum absolute atomic E-state index is 14.3. The second-order valence-corrected chi connectivity index (χ2v) is 18.4. The fourth-order valence-electron chi connectivity index (χ4n) is 9.28. The first-order valence-electron chi connectivity index (χ1n) is 22.8. The Balaban J connectivity index is 0.920. The van der Waals surface area contributed by atoms with E-state index in [2.05, 4.69) is 0 Å². The van der Waals surface area contributed by atoms with Gasteiger partial charge in [-0.05, 0) is 145 Å². The summed E-state index contributed by atoms with van der Waals surface area (Å²) >= 11 is 0. The molecule has 8 aromatic rings. The molecular formula is C58H46O14. The van der Waals surface area contributed by atoms with Crippen LogP contribution in [0.15, 0.2) is 163 Å². The third kappa shape index (κ3) is 10.2. The number of hydrogen-bond acceptors (Lipinski definition) is 11. The number of benzene rings is 4. The number of carboxylic acids is 3. The molecule has 0 spiro atoms. The van der Waals surface area contributed by atoms with Gasteiger partial charge in [0.2, 0.25) is 0 Å². The molecule has 72 heavy (non-hydrogen) atoms. The maximum Gasteiger partial charge on any atom is 0.335 e. The molecule has 9 rings (SSSR count). The summed E-state index contributed by atoms with van der Waals surface area (Å²) in [4.78, 5) is 63.3. The van der Waals surface area contributed by atoms with Gasteiger partial charge in [0.25, 0.3) is 0 Å². The average molecular weight is 967 g/mol. The van der Waals surface area contributed by atoms with Crippen molar-refractivity contribution in [2.75, 3.05) is 0 Å². The zero-order chi connectivity index (χ0) is 50.9. The topological polar surface area (TPSA) is 239 Å². The number of carbonyl (C=O) groups is 5. The molecule has 362 valence electrons. The Bertz CT molecular complexity index is 3480. The van der Waals surface area contributed by atoms with E-state index >= 15 is 0 Å². The van der Waals surface area contributed by atoms with E-state index in [1.165, 1.54) is 60.7 Å². The van der Waals surface area contributed by atoms with Crippen molar-refractivity contribution in [3.05, 3.63) is 191 Å². The van der Waals surface area contributed by atoms with Crippen LogP contribution in [0.25, 0.3) is 68.6 Å². The van der Waals surface area contributed by atoms with Gasteiger partial charge in [0.15, 0.2) is 12.1 Å². The lowest BCUT2D eigenvalue weighted by Gasteiger charge is -2.26. The van der Waals surface area contributed by atoms with Crippen LogP contribution in [-0.4, -0.2) is 55.0 Å². The van der Waals surface area contributed by atoms with Crippen molar-refractivity contribution in [2.45, 2.75) is 45.8 Å². The maximum atomic E-state index is 14.3. The first-order chi connectivity index (χ1) is 34.4. The van der Waals surface area contributed by atoms with E-state index in [-0.39, 0.29) is 34.7 Å². The molecule has 1 aliphatic carbocycles. The predicted octanol–water partition coefficient (Wildman–Crippen LogP) is 11.9. The minimum atomic E-state index is -1.62. The third-order valence-corrected chi connectivity index (χ3v) is 13.0. The van der Waals surface area contributed by atoms with E-state index < -0.39 is 35.0 Å². The zero-order valence-corrected chi connectivity index (χ0v) is 38.8. The van der Waals surface area contributed by atoms with Crippen LogP contribution < -0.4 is 0 Å². The molecule has 2 atom stereocenters. The van der Waals surface area contributed by atoms with Gasteiger partial charge in [-0.2, -0.15) is 0 Å². The molecule has 0 bridgehead atoms. The Labute approximate surface area is 411 Å². The molecule has 2 unspecified atom stereocenters. The first kappa shape index (κ1) is 48.2. The number of furan rings is 4. The molecule has 0 aliphatic heterocycles. The smallest absolute Gasteiger partial charge is 0.335 e. The summed E-state index contributed by atoms with van der Waals surface area (Å²) in [6.45, 7) is 3.84. The molecule has 1 fully saturated rings. The lowest BCUT2D eigenvalue weighted by Crippen LogP contribution is -2.34. The highest BCUT2D eigenvalue weighted by Gasteiger charge is 2.52. The Hall–Kier alpha value is -8.85. The number of carbonyl (C=O) groups excluding carboxylic acids is 2. The number of rotatable bonds is 17. The molecule has 0 radical (unpaired) electrons. The van der Waals surface area contributed by atoms with Crippen LogP contribution in [0.5, 0.6) is 0 Å². The van der Waals surface area contributed by atoms with Gasteiger partial charge < -0.3 is 43.2 Å². The third-order valence-electron chi connectivity index (χ3n) is 13.0. The van der Waals surface area contributed by atoms with Crippen LogP contribution in [0.3, 0.4) is 0 Å². The Morgan fingerprint density at radius 1 is 0.514 bits per heavy atom. The second-order valence-electron chi connectivity index (χ2n) is 18.4. The quantitative estimate of drug-likeness (QED) is 0.0421. The SMILES string of the molecule is CC1(Cc2ccc(-c3cccc(C(O)O)c3)o2)CCC(C)(Cc2ccc(-c3cc(C(=O)O)ccc3-c3cc(C(=O)O)cc(-c4ccc(/C=C/C(=O)/C=C/c5ccc(-c6cccc(C(=O)O)c6)o5)o4)c3)o2)C1=O. The zero-order valence-electron chi connectivity index (χ0n) is 38.8. The monoisotopic (exact) mass is 966 g/mol. The van der Waals surface area contributed by atoms with Gasteiger partial charge in [-0.1, -0.05) is 50.2 Å². The molecule has 1 aliphatic rings. The number of aromatic carboxylic acids is 3. The summed E-state index contributed by atoms with van der Waals surface area (Å²) in [6, 6.07) is 35.8. The summed E-state index contributed by atoms with van der Waals surface area (Å²) in [6.07, 6.45) is 5.71.